The first-order valence-corrected chi connectivity index (χ1v) is 12.8. The number of furan rings is 1. The molecule has 0 radical (unpaired) electrons. The van der Waals surface area contributed by atoms with Gasteiger partial charge in [-0.1, -0.05) is 82.9 Å². The van der Waals surface area contributed by atoms with Gasteiger partial charge in [0.15, 0.2) is 0 Å². The van der Waals surface area contributed by atoms with E-state index in [2.05, 4.69) is 69.3 Å². The van der Waals surface area contributed by atoms with E-state index in [1.807, 2.05) is 24.4 Å². The highest BCUT2D eigenvalue weighted by atomic mass is 16.3. The third-order valence-electron chi connectivity index (χ3n) is 7.46. The summed E-state index contributed by atoms with van der Waals surface area (Å²) in [6.07, 6.45) is 8.53. The Morgan fingerprint density at radius 1 is 0.886 bits per heavy atom. The molecule has 35 heavy (non-hydrogen) atoms. The standard InChI is InChI=1S/C32H32N2O/c1-32(2,3)26-15-13-24(28-20-22(17-18-33-28)19-21-9-7-8-10-21)30-29(26)25-14-16-27(34-31(25)35-30)23-11-5-4-6-12-23/h4-6,11-18,20-21H,7-10,19H2,1-3H3. The molecule has 176 valence electrons. The lowest BCUT2D eigenvalue weighted by atomic mass is 9.83. The second-order valence-corrected chi connectivity index (χ2v) is 11.0. The van der Waals surface area contributed by atoms with Crippen LogP contribution in [0, 0.1) is 5.92 Å². The molecule has 0 bridgehead atoms. The van der Waals surface area contributed by atoms with Crippen molar-refractivity contribution in [3.05, 3.63) is 84.1 Å². The topological polar surface area (TPSA) is 38.9 Å². The van der Waals surface area contributed by atoms with E-state index in [-0.39, 0.29) is 5.41 Å². The van der Waals surface area contributed by atoms with Gasteiger partial charge in [0.1, 0.15) is 5.58 Å². The molecule has 3 heterocycles. The first-order valence-electron chi connectivity index (χ1n) is 12.8. The summed E-state index contributed by atoms with van der Waals surface area (Å²) in [7, 11) is 0. The zero-order valence-electron chi connectivity index (χ0n) is 20.8. The molecule has 1 fully saturated rings. The summed E-state index contributed by atoms with van der Waals surface area (Å²) in [6, 6.07) is 23.4. The van der Waals surface area contributed by atoms with E-state index < -0.39 is 0 Å². The number of aromatic nitrogens is 2. The highest BCUT2D eigenvalue weighted by Gasteiger charge is 2.24. The second kappa shape index (κ2) is 8.64. The average Bonchev–Trinajstić information content (AvgIpc) is 3.51. The lowest BCUT2D eigenvalue weighted by Crippen LogP contribution is -2.11. The van der Waals surface area contributed by atoms with Gasteiger partial charge in [-0.2, -0.15) is 0 Å². The molecule has 1 aliphatic carbocycles. The van der Waals surface area contributed by atoms with Crippen LogP contribution in [0.15, 0.2) is 77.3 Å². The van der Waals surface area contributed by atoms with Gasteiger partial charge in [-0.05, 0) is 59.2 Å². The Balaban J connectivity index is 1.53. The molecule has 2 aromatic carbocycles. The molecule has 0 saturated heterocycles. The molecule has 1 saturated carbocycles. The predicted molar refractivity (Wildman–Crippen MR) is 145 cm³/mol. The minimum absolute atomic E-state index is 0.0244. The van der Waals surface area contributed by atoms with Crippen LogP contribution in [-0.4, -0.2) is 9.97 Å². The minimum atomic E-state index is -0.0244. The number of nitrogens with zero attached hydrogens (tertiary/aromatic N) is 2. The summed E-state index contributed by atoms with van der Waals surface area (Å²) in [5.74, 6) is 0.806. The molecule has 6 rings (SSSR count). The summed E-state index contributed by atoms with van der Waals surface area (Å²) in [6.45, 7) is 6.77. The van der Waals surface area contributed by atoms with E-state index in [1.165, 1.54) is 36.8 Å². The highest BCUT2D eigenvalue weighted by molar-refractivity contribution is 6.10. The fraction of sp³-hybridized carbons (Fsp3) is 0.312. The van der Waals surface area contributed by atoms with Crippen molar-refractivity contribution in [1.29, 1.82) is 0 Å². The average molecular weight is 461 g/mol. The van der Waals surface area contributed by atoms with Crippen LogP contribution in [0.2, 0.25) is 0 Å². The fourth-order valence-corrected chi connectivity index (χ4v) is 5.65. The van der Waals surface area contributed by atoms with Crippen LogP contribution < -0.4 is 0 Å². The van der Waals surface area contributed by atoms with Crippen molar-refractivity contribution >= 4 is 22.1 Å². The van der Waals surface area contributed by atoms with E-state index in [1.54, 1.807) is 0 Å². The van der Waals surface area contributed by atoms with Crippen molar-refractivity contribution in [3.8, 4) is 22.5 Å². The number of hydrogen-bond donors (Lipinski definition) is 0. The van der Waals surface area contributed by atoms with Crippen LogP contribution in [0.25, 0.3) is 44.6 Å². The summed E-state index contributed by atoms with van der Waals surface area (Å²) < 4.78 is 6.56. The van der Waals surface area contributed by atoms with Gasteiger partial charge < -0.3 is 4.42 Å². The van der Waals surface area contributed by atoms with Gasteiger partial charge in [0.25, 0.3) is 0 Å². The minimum Gasteiger partial charge on any atom is -0.437 e. The molecule has 5 aromatic rings. The smallest absolute Gasteiger partial charge is 0.227 e. The molecule has 0 atom stereocenters. The largest absolute Gasteiger partial charge is 0.437 e. The second-order valence-electron chi connectivity index (χ2n) is 11.0. The van der Waals surface area contributed by atoms with Crippen LogP contribution in [0.5, 0.6) is 0 Å². The SMILES string of the molecule is CC(C)(C)c1ccc(-c2cc(CC3CCCC3)ccn2)c2oc3nc(-c4ccccc4)ccc3c12. The third-order valence-corrected chi connectivity index (χ3v) is 7.46. The van der Waals surface area contributed by atoms with Crippen LogP contribution in [0.4, 0.5) is 0 Å². The van der Waals surface area contributed by atoms with Gasteiger partial charge in [-0.15, -0.1) is 0 Å². The maximum atomic E-state index is 6.56. The molecule has 0 unspecified atom stereocenters. The van der Waals surface area contributed by atoms with Gasteiger partial charge in [0.05, 0.1) is 11.4 Å². The molecular weight excluding hydrogens is 428 g/mol. The summed E-state index contributed by atoms with van der Waals surface area (Å²) in [5, 5.41) is 2.22. The molecule has 1 aliphatic rings. The summed E-state index contributed by atoms with van der Waals surface area (Å²) >= 11 is 0. The Kier molecular flexibility index (Phi) is 5.44. The Morgan fingerprint density at radius 3 is 2.46 bits per heavy atom. The molecular formula is C32H32N2O. The van der Waals surface area contributed by atoms with Crippen molar-refractivity contribution in [3.63, 3.8) is 0 Å². The van der Waals surface area contributed by atoms with Crippen LogP contribution in [-0.2, 0) is 11.8 Å². The van der Waals surface area contributed by atoms with Gasteiger partial charge in [-0.25, -0.2) is 4.98 Å². The Morgan fingerprint density at radius 2 is 1.69 bits per heavy atom. The molecule has 0 N–H and O–H groups in total. The van der Waals surface area contributed by atoms with Gasteiger partial charge in [0.2, 0.25) is 5.71 Å². The Hall–Kier alpha value is -3.46. The predicted octanol–water partition coefficient (Wildman–Crippen LogP) is 8.74. The van der Waals surface area contributed by atoms with E-state index in [4.69, 9.17) is 14.4 Å². The maximum absolute atomic E-state index is 6.56. The highest BCUT2D eigenvalue weighted by Crippen LogP contribution is 2.41. The first-order chi connectivity index (χ1) is 17.0. The van der Waals surface area contributed by atoms with Crippen molar-refractivity contribution in [2.45, 2.75) is 58.3 Å². The molecule has 3 nitrogen and oxygen atoms in total. The number of fused-ring (bicyclic) bond motifs is 3. The van der Waals surface area contributed by atoms with Crippen LogP contribution >= 0.6 is 0 Å². The van der Waals surface area contributed by atoms with E-state index >= 15 is 0 Å². The normalized spacial score (nSPS) is 14.8. The quantitative estimate of drug-likeness (QED) is 0.269. The van der Waals surface area contributed by atoms with Crippen molar-refractivity contribution < 1.29 is 4.42 Å². The fourth-order valence-electron chi connectivity index (χ4n) is 5.65. The zero-order valence-corrected chi connectivity index (χ0v) is 20.8. The maximum Gasteiger partial charge on any atom is 0.227 e. The first kappa shape index (κ1) is 22.0. The summed E-state index contributed by atoms with van der Waals surface area (Å²) in [5.41, 5.74) is 8.22. The molecule has 3 heteroatoms. The zero-order chi connectivity index (χ0) is 24.0. The van der Waals surface area contributed by atoms with Gasteiger partial charge >= 0.3 is 0 Å². The van der Waals surface area contributed by atoms with E-state index in [0.29, 0.717) is 5.71 Å². The van der Waals surface area contributed by atoms with Crippen LogP contribution in [0.3, 0.4) is 0 Å². The lowest BCUT2D eigenvalue weighted by molar-refractivity contribution is 0.546. The molecule has 0 spiro atoms. The van der Waals surface area contributed by atoms with Gasteiger partial charge in [-0.3, -0.25) is 4.98 Å². The molecule has 0 aliphatic heterocycles. The van der Waals surface area contributed by atoms with Crippen LogP contribution in [0.1, 0.15) is 57.6 Å². The Bertz CT molecular complexity index is 1500. The van der Waals surface area contributed by atoms with Gasteiger partial charge in [0, 0.05) is 28.1 Å². The Labute approximate surface area is 207 Å². The number of pyridine rings is 2. The molecule has 0 amide bonds. The third kappa shape index (κ3) is 4.14. The van der Waals surface area contributed by atoms with E-state index in [9.17, 15) is 0 Å². The molecule has 3 aromatic heterocycles. The number of benzene rings is 2. The summed E-state index contributed by atoms with van der Waals surface area (Å²) in [4.78, 5) is 9.72. The lowest BCUT2D eigenvalue weighted by Gasteiger charge is -2.21. The number of rotatable bonds is 4. The van der Waals surface area contributed by atoms with Crippen molar-refractivity contribution in [1.82, 2.24) is 9.97 Å². The monoisotopic (exact) mass is 460 g/mol. The van der Waals surface area contributed by atoms with E-state index in [0.717, 1.165) is 51.2 Å². The van der Waals surface area contributed by atoms with Crippen molar-refractivity contribution in [2.24, 2.45) is 5.92 Å². The number of hydrogen-bond acceptors (Lipinski definition) is 3. The van der Waals surface area contributed by atoms with Crippen molar-refractivity contribution in [2.75, 3.05) is 0 Å².